The molecule has 2 heterocycles. The maximum Gasteiger partial charge on any atom is 0.324 e. The van der Waals surface area contributed by atoms with Crippen molar-refractivity contribution in [2.24, 2.45) is 0 Å². The van der Waals surface area contributed by atoms with Crippen LogP contribution in [0.3, 0.4) is 0 Å². The summed E-state index contributed by atoms with van der Waals surface area (Å²) in [6.07, 6.45) is 0. The summed E-state index contributed by atoms with van der Waals surface area (Å²) in [5.41, 5.74) is 4.33. The number of nitrogens with one attached hydrogen (secondary N) is 3. The number of amides is 3. The summed E-state index contributed by atoms with van der Waals surface area (Å²) in [5, 5.41) is 22.1. The maximum absolute atomic E-state index is 14.8. The monoisotopic (exact) mass is 508 g/mol. The van der Waals surface area contributed by atoms with Crippen molar-refractivity contribution in [3.05, 3.63) is 94.9 Å². The molecule has 9 heteroatoms. The van der Waals surface area contributed by atoms with Crippen LogP contribution in [-0.4, -0.2) is 21.7 Å². The molecule has 1 aromatic heterocycles. The fraction of sp³-hybridized carbons (Fsp3) is 0.172. The molecule has 0 spiro atoms. The molecular weight excluding hydrogens is 483 g/mol. The molecule has 0 unspecified atom stereocenters. The SMILES string of the molecule is CC(C)(C)c1cc(NC(=O)Nc2cc(-c3cccc4c3CNC4=O)ccc2F)n(-c2cccc(C#N)c2)n1. The Balaban J connectivity index is 1.44. The zero-order chi connectivity index (χ0) is 27.0. The van der Waals surface area contributed by atoms with E-state index in [1.54, 1.807) is 59.3 Å². The Labute approximate surface area is 219 Å². The van der Waals surface area contributed by atoms with Crippen LogP contribution in [0.2, 0.25) is 0 Å². The highest BCUT2D eigenvalue weighted by Gasteiger charge is 2.24. The Morgan fingerprint density at radius 3 is 2.58 bits per heavy atom. The minimum Gasteiger partial charge on any atom is -0.348 e. The molecule has 3 aromatic carbocycles. The Bertz CT molecular complexity index is 1630. The Kier molecular flexibility index (Phi) is 6.17. The molecule has 0 atom stereocenters. The third-order valence-electron chi connectivity index (χ3n) is 6.31. The fourth-order valence-electron chi connectivity index (χ4n) is 4.32. The predicted octanol–water partition coefficient (Wildman–Crippen LogP) is 5.73. The topological polar surface area (TPSA) is 112 Å². The van der Waals surface area contributed by atoms with Crippen molar-refractivity contribution in [1.82, 2.24) is 15.1 Å². The molecule has 0 saturated heterocycles. The molecule has 8 nitrogen and oxygen atoms in total. The van der Waals surface area contributed by atoms with E-state index >= 15 is 0 Å². The number of carbonyl (C=O) groups excluding carboxylic acids is 2. The summed E-state index contributed by atoms with van der Waals surface area (Å²) >= 11 is 0. The number of anilines is 2. The van der Waals surface area contributed by atoms with Crippen LogP contribution in [-0.2, 0) is 12.0 Å². The van der Waals surface area contributed by atoms with Gasteiger partial charge in [-0.3, -0.25) is 10.1 Å². The zero-order valence-corrected chi connectivity index (χ0v) is 21.1. The summed E-state index contributed by atoms with van der Waals surface area (Å²) in [6, 6.07) is 19.9. The average molecular weight is 509 g/mol. The van der Waals surface area contributed by atoms with Gasteiger partial charge in [-0.15, -0.1) is 0 Å². The predicted molar refractivity (Wildman–Crippen MR) is 143 cm³/mol. The molecular formula is C29H25FN6O2. The van der Waals surface area contributed by atoms with E-state index in [9.17, 15) is 19.2 Å². The minimum atomic E-state index is -0.658. The van der Waals surface area contributed by atoms with Gasteiger partial charge in [0.15, 0.2) is 0 Å². The van der Waals surface area contributed by atoms with Crippen molar-refractivity contribution in [2.75, 3.05) is 10.6 Å². The normalized spacial score (nSPS) is 12.4. The van der Waals surface area contributed by atoms with E-state index in [0.29, 0.717) is 34.7 Å². The van der Waals surface area contributed by atoms with Gasteiger partial charge in [-0.25, -0.2) is 13.9 Å². The number of hydrogen-bond acceptors (Lipinski definition) is 4. The number of hydrogen-bond donors (Lipinski definition) is 3. The van der Waals surface area contributed by atoms with Gasteiger partial charge in [-0.2, -0.15) is 10.4 Å². The molecule has 0 radical (unpaired) electrons. The second kappa shape index (κ2) is 9.48. The number of fused-ring (bicyclic) bond motifs is 1. The number of benzene rings is 3. The van der Waals surface area contributed by atoms with E-state index < -0.39 is 11.8 Å². The van der Waals surface area contributed by atoms with Crippen molar-refractivity contribution in [3.8, 4) is 22.9 Å². The van der Waals surface area contributed by atoms with Crippen LogP contribution in [0.1, 0.15) is 48.0 Å². The Morgan fingerprint density at radius 2 is 1.82 bits per heavy atom. The third-order valence-corrected chi connectivity index (χ3v) is 6.31. The standard InChI is InChI=1S/C29H25FN6O2/c1-29(2,3)25-14-26(36(35-25)19-7-4-6-17(12-19)15-31)34-28(38)33-24-13-18(10-11-23(24)30)20-8-5-9-21-22(20)16-32-27(21)37/h4-14H,16H2,1-3H3,(H,32,37)(H2,33,34,38). The van der Waals surface area contributed by atoms with Crippen molar-refractivity contribution < 1.29 is 14.0 Å². The molecule has 5 rings (SSSR count). The molecule has 3 amide bonds. The summed E-state index contributed by atoms with van der Waals surface area (Å²) in [7, 11) is 0. The van der Waals surface area contributed by atoms with E-state index in [1.165, 1.54) is 6.07 Å². The quantitative estimate of drug-likeness (QED) is 0.327. The highest BCUT2D eigenvalue weighted by atomic mass is 19.1. The largest absolute Gasteiger partial charge is 0.348 e. The molecule has 0 bridgehead atoms. The van der Waals surface area contributed by atoms with Crippen LogP contribution >= 0.6 is 0 Å². The first kappa shape index (κ1) is 24.7. The molecule has 1 aliphatic heterocycles. The fourth-order valence-corrected chi connectivity index (χ4v) is 4.32. The highest BCUT2D eigenvalue weighted by Crippen LogP contribution is 2.32. The van der Waals surface area contributed by atoms with E-state index in [-0.39, 0.29) is 17.0 Å². The molecule has 3 N–H and O–H groups in total. The van der Waals surface area contributed by atoms with Crippen LogP contribution in [0, 0.1) is 17.1 Å². The van der Waals surface area contributed by atoms with Gasteiger partial charge in [-0.1, -0.05) is 45.0 Å². The Hall–Kier alpha value is -4.97. The number of carbonyl (C=O) groups is 2. The number of urea groups is 1. The van der Waals surface area contributed by atoms with Crippen molar-refractivity contribution >= 4 is 23.4 Å². The number of nitriles is 1. The average Bonchev–Trinajstić information content (AvgIpc) is 3.49. The molecule has 190 valence electrons. The van der Waals surface area contributed by atoms with Gasteiger partial charge in [-0.05, 0) is 53.1 Å². The molecule has 1 aliphatic rings. The molecule has 0 aliphatic carbocycles. The lowest BCUT2D eigenvalue weighted by Crippen LogP contribution is -2.22. The molecule has 4 aromatic rings. The second-order valence-corrected chi connectivity index (χ2v) is 10.0. The van der Waals surface area contributed by atoms with Crippen LogP contribution in [0.5, 0.6) is 0 Å². The van der Waals surface area contributed by atoms with E-state index in [2.05, 4.69) is 27.1 Å². The van der Waals surface area contributed by atoms with Crippen LogP contribution in [0.25, 0.3) is 16.8 Å². The van der Waals surface area contributed by atoms with Gasteiger partial charge < -0.3 is 10.6 Å². The summed E-state index contributed by atoms with van der Waals surface area (Å²) < 4.78 is 16.3. The summed E-state index contributed by atoms with van der Waals surface area (Å²) in [4.78, 5) is 25.1. The lowest BCUT2D eigenvalue weighted by Gasteiger charge is -2.14. The minimum absolute atomic E-state index is 0.0107. The first-order valence-electron chi connectivity index (χ1n) is 12.0. The van der Waals surface area contributed by atoms with Gasteiger partial charge in [0, 0.05) is 23.6 Å². The molecule has 0 saturated carbocycles. The number of rotatable bonds is 4. The molecule has 38 heavy (non-hydrogen) atoms. The van der Waals surface area contributed by atoms with E-state index in [0.717, 1.165) is 16.8 Å². The first-order valence-corrected chi connectivity index (χ1v) is 12.0. The van der Waals surface area contributed by atoms with E-state index in [4.69, 9.17) is 0 Å². The number of aromatic nitrogens is 2. The lowest BCUT2D eigenvalue weighted by molar-refractivity contribution is 0.0965. The van der Waals surface area contributed by atoms with Gasteiger partial charge in [0.2, 0.25) is 0 Å². The Morgan fingerprint density at radius 1 is 1.05 bits per heavy atom. The number of halogens is 1. The number of nitrogens with zero attached hydrogens (tertiary/aromatic N) is 3. The smallest absolute Gasteiger partial charge is 0.324 e. The van der Waals surface area contributed by atoms with Gasteiger partial charge in [0.25, 0.3) is 5.91 Å². The third kappa shape index (κ3) is 4.72. The maximum atomic E-state index is 14.8. The summed E-state index contributed by atoms with van der Waals surface area (Å²) in [6.45, 7) is 6.39. The van der Waals surface area contributed by atoms with Crippen molar-refractivity contribution in [1.29, 1.82) is 5.26 Å². The van der Waals surface area contributed by atoms with Crippen LogP contribution < -0.4 is 16.0 Å². The van der Waals surface area contributed by atoms with E-state index in [1.807, 2.05) is 26.8 Å². The van der Waals surface area contributed by atoms with Gasteiger partial charge in [0.05, 0.1) is 28.7 Å². The highest BCUT2D eigenvalue weighted by molar-refractivity contribution is 6.01. The van der Waals surface area contributed by atoms with Crippen molar-refractivity contribution in [3.63, 3.8) is 0 Å². The van der Waals surface area contributed by atoms with Crippen molar-refractivity contribution in [2.45, 2.75) is 32.7 Å². The van der Waals surface area contributed by atoms with Gasteiger partial charge >= 0.3 is 6.03 Å². The van der Waals surface area contributed by atoms with Crippen LogP contribution in [0.4, 0.5) is 20.7 Å². The lowest BCUT2D eigenvalue weighted by atomic mass is 9.92. The second-order valence-electron chi connectivity index (χ2n) is 10.0. The first-order chi connectivity index (χ1) is 18.1. The van der Waals surface area contributed by atoms with Crippen LogP contribution in [0.15, 0.2) is 66.7 Å². The molecule has 0 fully saturated rings. The summed E-state index contributed by atoms with van der Waals surface area (Å²) in [5.74, 6) is -0.380. The van der Waals surface area contributed by atoms with Gasteiger partial charge in [0.1, 0.15) is 11.6 Å². The zero-order valence-electron chi connectivity index (χ0n) is 21.1.